The number of nitrogens with zero attached hydrogens (tertiary/aromatic N) is 2. The van der Waals surface area contributed by atoms with Crippen LogP contribution < -0.4 is 14.4 Å². The Morgan fingerprint density at radius 1 is 0.974 bits per heavy atom. The van der Waals surface area contributed by atoms with Crippen LogP contribution in [0.5, 0.6) is 5.75 Å². The first-order valence-electron chi connectivity index (χ1n) is 12.6. The Kier molecular flexibility index (Phi) is 10.5. The van der Waals surface area contributed by atoms with Gasteiger partial charge in [0.2, 0.25) is 11.8 Å². The lowest BCUT2D eigenvalue weighted by atomic mass is 10.1. The summed E-state index contributed by atoms with van der Waals surface area (Å²) in [6.45, 7) is 5.11. The van der Waals surface area contributed by atoms with E-state index in [2.05, 4.69) is 21.2 Å². The second-order valence-electron chi connectivity index (χ2n) is 9.17. The van der Waals surface area contributed by atoms with E-state index in [1.165, 1.54) is 24.1 Å². The molecule has 0 saturated carbocycles. The Bertz CT molecular complexity index is 1370. The fraction of sp³-hybridized carbons (Fsp3) is 0.310. The molecule has 8 nitrogen and oxygen atoms in total. The van der Waals surface area contributed by atoms with Crippen molar-refractivity contribution >= 4 is 43.5 Å². The van der Waals surface area contributed by atoms with Gasteiger partial charge in [0.1, 0.15) is 18.3 Å². The van der Waals surface area contributed by atoms with Gasteiger partial charge in [-0.05, 0) is 62.2 Å². The number of amides is 2. The molecule has 0 aliphatic heterocycles. The first-order valence-corrected chi connectivity index (χ1v) is 14.9. The van der Waals surface area contributed by atoms with E-state index in [1.54, 1.807) is 49.4 Å². The molecule has 0 aliphatic carbocycles. The smallest absolute Gasteiger partial charge is 0.264 e. The van der Waals surface area contributed by atoms with Gasteiger partial charge in [0.05, 0.1) is 17.7 Å². The molecule has 0 fully saturated rings. The van der Waals surface area contributed by atoms with E-state index in [4.69, 9.17) is 4.74 Å². The van der Waals surface area contributed by atoms with Gasteiger partial charge in [-0.1, -0.05) is 59.3 Å². The fourth-order valence-electron chi connectivity index (χ4n) is 3.85. The van der Waals surface area contributed by atoms with Gasteiger partial charge in [-0.15, -0.1) is 0 Å². The summed E-state index contributed by atoms with van der Waals surface area (Å²) in [7, 11) is -2.65. The van der Waals surface area contributed by atoms with Crippen molar-refractivity contribution in [2.75, 3.05) is 18.0 Å². The topological polar surface area (TPSA) is 96.0 Å². The van der Waals surface area contributed by atoms with E-state index in [9.17, 15) is 18.0 Å². The molecule has 0 heterocycles. The van der Waals surface area contributed by atoms with Gasteiger partial charge in [-0.2, -0.15) is 0 Å². The van der Waals surface area contributed by atoms with E-state index >= 15 is 0 Å². The molecule has 10 heteroatoms. The minimum absolute atomic E-state index is 0.0441. The van der Waals surface area contributed by atoms with Gasteiger partial charge in [0.15, 0.2) is 0 Å². The van der Waals surface area contributed by atoms with Crippen molar-refractivity contribution in [3.05, 3.63) is 88.9 Å². The largest absolute Gasteiger partial charge is 0.497 e. The van der Waals surface area contributed by atoms with Crippen LogP contribution in [0, 0.1) is 0 Å². The predicted octanol–water partition coefficient (Wildman–Crippen LogP) is 4.99. The number of hydrogen-bond donors (Lipinski definition) is 1. The maximum Gasteiger partial charge on any atom is 0.264 e. The molecule has 0 spiro atoms. The number of sulfonamides is 1. The molecular weight excluding hydrogens is 582 g/mol. The third-order valence-corrected chi connectivity index (χ3v) is 8.70. The first-order chi connectivity index (χ1) is 18.6. The molecule has 0 radical (unpaired) electrons. The minimum Gasteiger partial charge on any atom is -0.497 e. The van der Waals surface area contributed by atoms with Gasteiger partial charge < -0.3 is 15.0 Å². The summed E-state index contributed by atoms with van der Waals surface area (Å²) in [6, 6.07) is 20.9. The summed E-state index contributed by atoms with van der Waals surface area (Å²) in [4.78, 5) is 28.5. The van der Waals surface area contributed by atoms with Crippen molar-refractivity contribution in [2.24, 2.45) is 0 Å². The highest BCUT2D eigenvalue weighted by atomic mass is 79.9. The van der Waals surface area contributed by atoms with Crippen LogP contribution in [0.4, 0.5) is 5.69 Å². The Balaban J connectivity index is 2.02. The zero-order valence-corrected chi connectivity index (χ0v) is 24.9. The van der Waals surface area contributed by atoms with Crippen LogP contribution in [0.25, 0.3) is 0 Å². The zero-order chi connectivity index (χ0) is 28.6. The number of methoxy groups -OCH3 is 1. The van der Waals surface area contributed by atoms with Crippen molar-refractivity contribution in [2.45, 2.75) is 50.7 Å². The lowest BCUT2D eigenvalue weighted by molar-refractivity contribution is -0.139. The number of nitrogens with one attached hydrogen (secondary N) is 1. The van der Waals surface area contributed by atoms with Crippen molar-refractivity contribution in [3.63, 3.8) is 0 Å². The number of ether oxygens (including phenoxy) is 1. The summed E-state index contributed by atoms with van der Waals surface area (Å²) in [5.74, 6) is -0.387. The van der Waals surface area contributed by atoms with Crippen LogP contribution >= 0.6 is 15.9 Å². The summed E-state index contributed by atoms with van der Waals surface area (Å²) < 4.78 is 34.9. The van der Waals surface area contributed by atoms with Crippen LogP contribution in [0.15, 0.2) is 88.2 Å². The van der Waals surface area contributed by atoms with E-state index < -0.39 is 28.5 Å². The van der Waals surface area contributed by atoms with Gasteiger partial charge >= 0.3 is 0 Å². The van der Waals surface area contributed by atoms with Crippen molar-refractivity contribution in [3.8, 4) is 5.75 Å². The first kappa shape index (κ1) is 30.2. The number of carbonyl (C=O) groups is 2. The number of halogens is 1. The quantitative estimate of drug-likeness (QED) is 0.310. The Hall–Kier alpha value is -3.37. The molecule has 0 aliphatic rings. The summed E-state index contributed by atoms with van der Waals surface area (Å²) in [5.41, 5.74) is 1.07. The fourth-order valence-corrected chi connectivity index (χ4v) is 5.54. The van der Waals surface area contributed by atoms with E-state index in [0.29, 0.717) is 5.75 Å². The number of carbonyl (C=O) groups excluding carboxylic acids is 2. The lowest BCUT2D eigenvalue weighted by Gasteiger charge is -2.32. The zero-order valence-electron chi connectivity index (χ0n) is 22.5. The average Bonchev–Trinajstić information content (AvgIpc) is 2.95. The van der Waals surface area contributed by atoms with Crippen molar-refractivity contribution in [1.82, 2.24) is 10.2 Å². The van der Waals surface area contributed by atoms with E-state index in [0.717, 1.165) is 20.8 Å². The third kappa shape index (κ3) is 7.83. The number of hydrogen-bond acceptors (Lipinski definition) is 5. The van der Waals surface area contributed by atoms with Crippen LogP contribution in [0.2, 0.25) is 0 Å². The molecular formula is C29H34BrN3O5S. The molecule has 3 aromatic carbocycles. The number of benzene rings is 3. The number of rotatable bonds is 12. The maximum atomic E-state index is 13.9. The van der Waals surface area contributed by atoms with Crippen LogP contribution in [-0.2, 0) is 26.2 Å². The van der Waals surface area contributed by atoms with Crippen LogP contribution in [0.3, 0.4) is 0 Å². The summed E-state index contributed by atoms with van der Waals surface area (Å²) >= 11 is 3.41. The normalized spacial score (nSPS) is 12.7. The number of anilines is 1. The van der Waals surface area contributed by atoms with Crippen molar-refractivity contribution in [1.29, 1.82) is 0 Å². The molecule has 0 bridgehead atoms. The molecule has 39 heavy (non-hydrogen) atoms. The van der Waals surface area contributed by atoms with Crippen molar-refractivity contribution < 1.29 is 22.7 Å². The molecule has 2 unspecified atom stereocenters. The van der Waals surface area contributed by atoms with Gasteiger partial charge in [0, 0.05) is 23.1 Å². The molecule has 3 rings (SSSR count). The maximum absolute atomic E-state index is 13.9. The minimum atomic E-state index is -4.13. The molecule has 0 aromatic heterocycles. The van der Waals surface area contributed by atoms with E-state index in [1.807, 2.05) is 38.1 Å². The highest BCUT2D eigenvalue weighted by Crippen LogP contribution is 2.27. The molecule has 2 atom stereocenters. The molecule has 2 amide bonds. The Morgan fingerprint density at radius 3 is 2.26 bits per heavy atom. The summed E-state index contributed by atoms with van der Waals surface area (Å²) in [5, 5.41) is 2.93. The third-order valence-electron chi connectivity index (χ3n) is 6.39. The lowest BCUT2D eigenvalue weighted by Crippen LogP contribution is -2.52. The average molecular weight is 617 g/mol. The van der Waals surface area contributed by atoms with Gasteiger partial charge in [-0.25, -0.2) is 8.42 Å². The SMILES string of the molecule is CCC(C)NC(=O)C(C)N(Cc1ccc(Br)cc1)C(=O)CN(c1cccc(OC)c1)S(=O)(=O)c1ccccc1. The molecule has 0 saturated heterocycles. The molecule has 1 N–H and O–H groups in total. The molecule has 208 valence electrons. The van der Waals surface area contributed by atoms with Gasteiger partial charge in [0.25, 0.3) is 10.0 Å². The van der Waals surface area contributed by atoms with Crippen LogP contribution in [0.1, 0.15) is 32.8 Å². The summed E-state index contributed by atoms with van der Waals surface area (Å²) in [6.07, 6.45) is 0.734. The Labute approximate surface area is 239 Å². The highest BCUT2D eigenvalue weighted by Gasteiger charge is 2.32. The van der Waals surface area contributed by atoms with Gasteiger partial charge in [-0.3, -0.25) is 13.9 Å². The molecule has 3 aromatic rings. The monoisotopic (exact) mass is 615 g/mol. The second-order valence-corrected chi connectivity index (χ2v) is 11.9. The second kappa shape index (κ2) is 13.6. The van der Waals surface area contributed by atoms with E-state index in [-0.39, 0.29) is 29.1 Å². The van der Waals surface area contributed by atoms with Crippen LogP contribution in [-0.4, -0.2) is 50.9 Å². The predicted molar refractivity (Wildman–Crippen MR) is 156 cm³/mol. The Morgan fingerprint density at radius 2 is 1.64 bits per heavy atom. The highest BCUT2D eigenvalue weighted by molar-refractivity contribution is 9.10. The standard InChI is InChI=1S/C29H34BrN3O5S/c1-5-21(2)31-29(35)22(3)32(19-23-14-16-24(30)17-15-23)28(34)20-33(25-10-9-11-26(18-25)38-4)39(36,37)27-12-7-6-8-13-27/h6-18,21-22H,5,19-20H2,1-4H3,(H,31,35).